The van der Waals surface area contributed by atoms with Crippen LogP contribution in [0.25, 0.3) is 0 Å². The number of thiocarbonyl (C=S) groups is 1. The lowest BCUT2D eigenvalue weighted by Crippen LogP contribution is -2.52. The molecule has 20 heavy (non-hydrogen) atoms. The number of piperazine rings is 1. The van der Waals surface area contributed by atoms with Gasteiger partial charge >= 0.3 is 0 Å². The second-order valence-corrected chi connectivity index (χ2v) is 6.03. The first-order valence-electron chi connectivity index (χ1n) is 7.19. The van der Waals surface area contributed by atoms with Crippen molar-refractivity contribution in [1.82, 2.24) is 10.2 Å². The number of nitrogens with one attached hydrogen (secondary N) is 1. The summed E-state index contributed by atoms with van der Waals surface area (Å²) in [7, 11) is 0. The molecule has 0 spiro atoms. The molecular formula is C15H24N4S. The molecule has 1 aliphatic heterocycles. The Balaban J connectivity index is 1.83. The molecule has 1 aliphatic rings. The van der Waals surface area contributed by atoms with Crippen molar-refractivity contribution >= 4 is 28.7 Å². The van der Waals surface area contributed by atoms with Gasteiger partial charge < -0.3 is 20.9 Å². The third-order valence-electron chi connectivity index (χ3n) is 3.49. The van der Waals surface area contributed by atoms with E-state index >= 15 is 0 Å². The van der Waals surface area contributed by atoms with Crippen LogP contribution in [0.1, 0.15) is 13.8 Å². The highest BCUT2D eigenvalue weighted by Crippen LogP contribution is 2.18. The zero-order valence-corrected chi connectivity index (χ0v) is 13.1. The molecule has 1 aromatic carbocycles. The number of hydrogen-bond acceptors (Lipinski definition) is 3. The summed E-state index contributed by atoms with van der Waals surface area (Å²) < 4.78 is 0. The van der Waals surface area contributed by atoms with Crippen LogP contribution in [0.15, 0.2) is 24.3 Å². The van der Waals surface area contributed by atoms with Crippen molar-refractivity contribution in [3.63, 3.8) is 0 Å². The minimum absolute atomic E-state index is 0.615. The molecule has 0 unspecified atom stereocenters. The molecule has 1 saturated heterocycles. The Morgan fingerprint density at radius 1 is 1.20 bits per heavy atom. The summed E-state index contributed by atoms with van der Waals surface area (Å²) in [6, 6.07) is 8.08. The maximum atomic E-state index is 5.72. The highest BCUT2D eigenvalue weighted by atomic mass is 32.1. The summed E-state index contributed by atoms with van der Waals surface area (Å²) in [4.78, 5) is 4.63. The lowest BCUT2D eigenvalue weighted by molar-refractivity contribution is 0.378. The Morgan fingerprint density at radius 2 is 1.80 bits per heavy atom. The van der Waals surface area contributed by atoms with Crippen molar-refractivity contribution in [3.8, 4) is 0 Å². The van der Waals surface area contributed by atoms with Crippen LogP contribution in [-0.2, 0) is 0 Å². The number of rotatable bonds is 3. The van der Waals surface area contributed by atoms with Gasteiger partial charge in [0.1, 0.15) is 0 Å². The van der Waals surface area contributed by atoms with Crippen molar-refractivity contribution in [2.75, 3.05) is 43.4 Å². The zero-order chi connectivity index (χ0) is 14.5. The summed E-state index contributed by atoms with van der Waals surface area (Å²) in [5.74, 6) is 0.615. The van der Waals surface area contributed by atoms with Gasteiger partial charge in [0, 0.05) is 44.1 Å². The quantitative estimate of drug-likeness (QED) is 0.658. The predicted octanol–water partition coefficient (Wildman–Crippen LogP) is 1.92. The van der Waals surface area contributed by atoms with E-state index in [2.05, 4.69) is 41.1 Å². The Bertz CT molecular complexity index is 436. The SMILES string of the molecule is CC(C)CNC(=S)N1CCN(c2ccc(N)cc2)CC1. The Labute approximate surface area is 126 Å². The van der Waals surface area contributed by atoms with Crippen molar-refractivity contribution in [2.45, 2.75) is 13.8 Å². The standard InChI is InChI=1S/C15H24N4S/c1-12(2)11-17-15(20)19-9-7-18(8-10-19)14-5-3-13(16)4-6-14/h3-6,12H,7-11,16H2,1-2H3,(H,17,20). The molecule has 1 fully saturated rings. The van der Waals surface area contributed by atoms with Gasteiger partial charge in [-0.05, 0) is 42.4 Å². The third-order valence-corrected chi connectivity index (χ3v) is 3.89. The zero-order valence-electron chi connectivity index (χ0n) is 12.3. The molecule has 0 aromatic heterocycles. The van der Waals surface area contributed by atoms with Crippen LogP contribution < -0.4 is 16.0 Å². The number of anilines is 2. The van der Waals surface area contributed by atoms with E-state index in [1.54, 1.807) is 0 Å². The maximum Gasteiger partial charge on any atom is 0.169 e. The minimum Gasteiger partial charge on any atom is -0.399 e. The van der Waals surface area contributed by atoms with Crippen LogP contribution >= 0.6 is 12.2 Å². The monoisotopic (exact) mass is 292 g/mol. The second kappa shape index (κ2) is 6.79. The minimum atomic E-state index is 0.615. The smallest absolute Gasteiger partial charge is 0.169 e. The first-order chi connectivity index (χ1) is 9.56. The molecule has 0 atom stereocenters. The molecule has 0 saturated carbocycles. The molecule has 5 heteroatoms. The lowest BCUT2D eigenvalue weighted by atomic mass is 10.2. The second-order valence-electron chi connectivity index (χ2n) is 5.65. The average Bonchev–Trinajstić information content (AvgIpc) is 2.46. The Hall–Kier alpha value is -1.49. The van der Waals surface area contributed by atoms with Crippen molar-refractivity contribution in [3.05, 3.63) is 24.3 Å². The number of nitrogens with zero attached hydrogens (tertiary/aromatic N) is 2. The van der Waals surface area contributed by atoms with Gasteiger partial charge in [-0.25, -0.2) is 0 Å². The van der Waals surface area contributed by atoms with E-state index in [0.717, 1.165) is 43.5 Å². The number of benzene rings is 1. The molecule has 0 radical (unpaired) electrons. The molecule has 110 valence electrons. The van der Waals surface area contributed by atoms with Crippen molar-refractivity contribution in [2.24, 2.45) is 5.92 Å². The van der Waals surface area contributed by atoms with Crippen molar-refractivity contribution in [1.29, 1.82) is 0 Å². The third kappa shape index (κ3) is 4.00. The Morgan fingerprint density at radius 3 is 2.35 bits per heavy atom. The normalized spacial score (nSPS) is 15.6. The fraction of sp³-hybridized carbons (Fsp3) is 0.533. The largest absolute Gasteiger partial charge is 0.399 e. The number of nitrogens with two attached hydrogens (primary N) is 1. The molecule has 0 aliphatic carbocycles. The summed E-state index contributed by atoms with van der Waals surface area (Å²) >= 11 is 5.44. The summed E-state index contributed by atoms with van der Waals surface area (Å²) in [5.41, 5.74) is 7.77. The van der Waals surface area contributed by atoms with Gasteiger partial charge in [-0.15, -0.1) is 0 Å². The highest BCUT2D eigenvalue weighted by molar-refractivity contribution is 7.80. The van der Waals surface area contributed by atoms with E-state index in [4.69, 9.17) is 18.0 Å². The van der Waals surface area contributed by atoms with Gasteiger partial charge in [-0.3, -0.25) is 0 Å². The number of nitrogen functional groups attached to an aromatic ring is 1. The summed E-state index contributed by atoms with van der Waals surface area (Å²) in [6.07, 6.45) is 0. The van der Waals surface area contributed by atoms with Crippen LogP contribution in [0.4, 0.5) is 11.4 Å². The fourth-order valence-corrected chi connectivity index (χ4v) is 2.52. The Kier molecular flexibility index (Phi) is 5.06. The highest BCUT2D eigenvalue weighted by Gasteiger charge is 2.18. The first-order valence-corrected chi connectivity index (χ1v) is 7.60. The number of hydrogen-bond donors (Lipinski definition) is 2. The van der Waals surface area contributed by atoms with E-state index < -0.39 is 0 Å². The lowest BCUT2D eigenvalue weighted by Gasteiger charge is -2.37. The van der Waals surface area contributed by atoms with E-state index in [1.807, 2.05) is 12.1 Å². The molecule has 0 amide bonds. The van der Waals surface area contributed by atoms with Gasteiger partial charge in [0.05, 0.1) is 0 Å². The van der Waals surface area contributed by atoms with Gasteiger partial charge in [0.25, 0.3) is 0 Å². The molecule has 1 aromatic rings. The van der Waals surface area contributed by atoms with Gasteiger partial charge in [-0.2, -0.15) is 0 Å². The van der Waals surface area contributed by atoms with E-state index in [9.17, 15) is 0 Å². The van der Waals surface area contributed by atoms with Crippen LogP contribution in [-0.4, -0.2) is 42.7 Å². The molecular weight excluding hydrogens is 268 g/mol. The van der Waals surface area contributed by atoms with Gasteiger partial charge in [-0.1, -0.05) is 13.8 Å². The van der Waals surface area contributed by atoms with Crippen LogP contribution in [0.3, 0.4) is 0 Å². The van der Waals surface area contributed by atoms with Gasteiger partial charge in [0.15, 0.2) is 5.11 Å². The van der Waals surface area contributed by atoms with E-state index in [1.165, 1.54) is 5.69 Å². The molecule has 4 nitrogen and oxygen atoms in total. The van der Waals surface area contributed by atoms with Crippen LogP contribution in [0, 0.1) is 5.92 Å². The topological polar surface area (TPSA) is 44.5 Å². The molecule has 2 rings (SSSR count). The van der Waals surface area contributed by atoms with Crippen molar-refractivity contribution < 1.29 is 0 Å². The van der Waals surface area contributed by atoms with Crippen LogP contribution in [0.2, 0.25) is 0 Å². The average molecular weight is 292 g/mol. The maximum absolute atomic E-state index is 5.72. The fourth-order valence-electron chi connectivity index (χ4n) is 2.26. The predicted molar refractivity (Wildman–Crippen MR) is 90.1 cm³/mol. The molecule has 0 bridgehead atoms. The summed E-state index contributed by atoms with van der Waals surface area (Å²) in [6.45, 7) is 9.24. The van der Waals surface area contributed by atoms with E-state index in [0.29, 0.717) is 5.92 Å². The van der Waals surface area contributed by atoms with E-state index in [-0.39, 0.29) is 0 Å². The van der Waals surface area contributed by atoms with Gasteiger partial charge in [0.2, 0.25) is 0 Å². The molecule has 3 N–H and O–H groups in total. The molecule has 1 heterocycles. The first kappa shape index (κ1) is 14.9. The van der Waals surface area contributed by atoms with Crippen LogP contribution in [0.5, 0.6) is 0 Å². The summed E-state index contributed by atoms with van der Waals surface area (Å²) in [5, 5.41) is 4.22.